The molecule has 0 radical (unpaired) electrons. The Labute approximate surface area is 320 Å². The van der Waals surface area contributed by atoms with Crippen LogP contribution in [-0.4, -0.2) is 18.8 Å². The van der Waals surface area contributed by atoms with Crippen LogP contribution in [0.1, 0.15) is 22.5 Å². The Morgan fingerprint density at radius 3 is 1.38 bits per heavy atom. The minimum atomic E-state index is 0. The van der Waals surface area contributed by atoms with Gasteiger partial charge in [0.1, 0.15) is 11.5 Å². The van der Waals surface area contributed by atoms with E-state index in [1.54, 1.807) is 0 Å². The standard InChI is InChI=1S/C46H32N4O2.Pt/c1-29-21-25-41-37(27-29)33-17-9-11-19-35(33)43-47-39(45(49(41)43)51-31-13-5-3-6-14-31)23-24-40-46(52-32-15-7-4-8-16-32)50-42-26-22-30(2)28-38(42)34-18-10-12-20-36(34)44(50)48-40;/h3-18,21-22,25-28H,23-24H2,1-2H3;/q-2;+2. The summed E-state index contributed by atoms with van der Waals surface area (Å²) in [7, 11) is 0. The van der Waals surface area contributed by atoms with Gasteiger partial charge in [0.05, 0.1) is 22.7 Å². The number of pyridine rings is 2. The average molecular weight is 868 g/mol. The molecule has 0 saturated heterocycles. The number of para-hydroxylation sites is 2. The maximum Gasteiger partial charge on any atom is 2.00 e. The van der Waals surface area contributed by atoms with Crippen molar-refractivity contribution in [2.45, 2.75) is 26.7 Å². The van der Waals surface area contributed by atoms with Gasteiger partial charge >= 0.3 is 21.1 Å². The Hall–Kier alpha value is -5.97. The molecule has 0 N–H and O–H groups in total. The van der Waals surface area contributed by atoms with Crippen molar-refractivity contribution in [2.75, 3.05) is 0 Å². The fourth-order valence-corrected chi connectivity index (χ4v) is 7.47. The molecule has 4 heterocycles. The SMILES string of the molecule is Cc1ccc2c(c1)c1ccc[c-]c1c1nc(CCc3nc4c5[c-]cccc5c5cc(C)ccc5n4c3Oc3ccccc3)c(Oc3ccccc3)n21.[Pt+2]. The van der Waals surface area contributed by atoms with E-state index in [4.69, 9.17) is 19.4 Å². The molecule has 258 valence electrons. The molecule has 0 spiro atoms. The van der Waals surface area contributed by atoms with Crippen molar-refractivity contribution in [1.82, 2.24) is 18.8 Å². The number of hydrogen-bond donors (Lipinski definition) is 0. The first-order valence-electron chi connectivity index (χ1n) is 17.5. The van der Waals surface area contributed by atoms with E-state index in [-0.39, 0.29) is 21.1 Å². The van der Waals surface area contributed by atoms with Crippen molar-refractivity contribution in [1.29, 1.82) is 0 Å². The van der Waals surface area contributed by atoms with Gasteiger partial charge in [-0.1, -0.05) is 82.6 Å². The Morgan fingerprint density at radius 2 is 0.943 bits per heavy atom. The van der Waals surface area contributed by atoms with Gasteiger partial charge in [0.15, 0.2) is 0 Å². The number of ether oxygens (including phenoxy) is 2. The van der Waals surface area contributed by atoms with E-state index in [0.717, 1.165) is 77.5 Å². The van der Waals surface area contributed by atoms with Crippen LogP contribution in [0.25, 0.3) is 54.6 Å². The van der Waals surface area contributed by atoms with Gasteiger partial charge in [0.25, 0.3) is 0 Å². The van der Waals surface area contributed by atoms with Crippen molar-refractivity contribution in [2.24, 2.45) is 0 Å². The van der Waals surface area contributed by atoms with Gasteiger partial charge < -0.3 is 18.3 Å². The summed E-state index contributed by atoms with van der Waals surface area (Å²) in [4.78, 5) is 10.7. The quantitative estimate of drug-likeness (QED) is 0.118. The molecule has 0 aliphatic carbocycles. The van der Waals surface area contributed by atoms with Crippen LogP contribution >= 0.6 is 0 Å². The fourth-order valence-electron chi connectivity index (χ4n) is 7.47. The molecule has 6 nitrogen and oxygen atoms in total. The van der Waals surface area contributed by atoms with Crippen molar-refractivity contribution < 1.29 is 30.5 Å². The molecule has 0 unspecified atom stereocenters. The number of aryl methyl sites for hydroxylation is 4. The molecule has 0 bridgehead atoms. The summed E-state index contributed by atoms with van der Waals surface area (Å²) in [6.07, 6.45) is 1.11. The first kappa shape index (κ1) is 32.9. The summed E-state index contributed by atoms with van der Waals surface area (Å²) in [6.45, 7) is 4.25. The van der Waals surface area contributed by atoms with E-state index in [1.165, 1.54) is 11.1 Å². The predicted octanol–water partition coefficient (Wildman–Crippen LogP) is 11.2. The second kappa shape index (κ2) is 13.2. The van der Waals surface area contributed by atoms with Crippen LogP contribution in [0.5, 0.6) is 23.3 Å². The van der Waals surface area contributed by atoms with E-state index in [1.807, 2.05) is 84.9 Å². The fraction of sp³-hybridized carbons (Fsp3) is 0.0870. The number of aromatic nitrogens is 4. The molecular formula is C46H32N4O2Pt. The smallest absolute Gasteiger partial charge is 0.439 e. The number of imidazole rings is 2. The number of fused-ring (bicyclic) bond motifs is 12. The van der Waals surface area contributed by atoms with Crippen molar-refractivity contribution in [3.63, 3.8) is 0 Å². The zero-order valence-electron chi connectivity index (χ0n) is 29.0. The van der Waals surface area contributed by atoms with E-state index in [0.29, 0.717) is 24.6 Å². The summed E-state index contributed by atoms with van der Waals surface area (Å²) in [5.41, 5.74) is 7.71. The molecule has 0 aliphatic rings. The minimum Gasteiger partial charge on any atom is -0.439 e. The summed E-state index contributed by atoms with van der Waals surface area (Å²) in [5.74, 6) is 2.85. The molecule has 10 aromatic rings. The third-order valence-electron chi connectivity index (χ3n) is 9.85. The molecular weight excluding hydrogens is 836 g/mol. The molecule has 0 atom stereocenters. The first-order chi connectivity index (χ1) is 25.6. The Kier molecular flexibility index (Phi) is 8.21. The maximum absolute atomic E-state index is 6.77. The molecule has 0 fully saturated rings. The van der Waals surface area contributed by atoms with Gasteiger partial charge in [0.2, 0.25) is 11.8 Å². The number of nitrogens with zero attached hydrogens (tertiary/aromatic N) is 4. The second-order valence-corrected chi connectivity index (χ2v) is 13.3. The van der Waals surface area contributed by atoms with Gasteiger partial charge in [0, 0.05) is 11.0 Å². The number of hydrogen-bond acceptors (Lipinski definition) is 4. The van der Waals surface area contributed by atoms with Gasteiger partial charge in [-0.05, 0) is 73.9 Å². The van der Waals surface area contributed by atoms with Crippen LogP contribution < -0.4 is 9.47 Å². The molecule has 0 aliphatic heterocycles. The van der Waals surface area contributed by atoms with Crippen LogP contribution in [0.15, 0.2) is 133 Å². The predicted molar refractivity (Wildman–Crippen MR) is 208 cm³/mol. The summed E-state index contributed by atoms with van der Waals surface area (Å²) >= 11 is 0. The van der Waals surface area contributed by atoms with Gasteiger partial charge in [-0.3, -0.25) is 9.97 Å². The van der Waals surface area contributed by atoms with Crippen LogP contribution in [0.3, 0.4) is 0 Å². The maximum atomic E-state index is 6.77. The Morgan fingerprint density at radius 1 is 0.509 bits per heavy atom. The summed E-state index contributed by atoms with van der Waals surface area (Å²) in [6, 6.07) is 52.2. The second-order valence-electron chi connectivity index (χ2n) is 13.3. The van der Waals surface area contributed by atoms with Crippen LogP contribution in [0.2, 0.25) is 0 Å². The molecule has 6 aromatic carbocycles. The van der Waals surface area contributed by atoms with Gasteiger partial charge in [-0.25, -0.2) is 0 Å². The zero-order chi connectivity index (χ0) is 34.8. The van der Waals surface area contributed by atoms with Crippen LogP contribution in [0, 0.1) is 26.0 Å². The van der Waals surface area contributed by atoms with Gasteiger partial charge in [-0.2, -0.15) is 0 Å². The molecule has 0 saturated carbocycles. The van der Waals surface area contributed by atoms with E-state index >= 15 is 0 Å². The normalized spacial score (nSPS) is 11.6. The first-order valence-corrected chi connectivity index (χ1v) is 17.5. The topological polar surface area (TPSA) is 53.1 Å². The van der Waals surface area contributed by atoms with E-state index < -0.39 is 0 Å². The van der Waals surface area contributed by atoms with E-state index in [2.05, 4.69) is 83.3 Å². The average Bonchev–Trinajstić information content (AvgIpc) is 3.73. The number of benzene rings is 6. The third-order valence-corrected chi connectivity index (χ3v) is 9.85. The van der Waals surface area contributed by atoms with Crippen molar-refractivity contribution >= 4 is 54.6 Å². The molecule has 53 heavy (non-hydrogen) atoms. The Bertz CT molecular complexity index is 2780. The summed E-state index contributed by atoms with van der Waals surface area (Å²) < 4.78 is 17.9. The molecule has 4 aromatic heterocycles. The van der Waals surface area contributed by atoms with Crippen LogP contribution in [0.4, 0.5) is 0 Å². The summed E-state index contributed by atoms with van der Waals surface area (Å²) in [5, 5.41) is 6.39. The molecule has 0 amide bonds. The van der Waals surface area contributed by atoms with Gasteiger partial charge in [-0.15, -0.1) is 59.3 Å². The van der Waals surface area contributed by atoms with Crippen molar-refractivity contribution in [3.8, 4) is 23.3 Å². The molecule has 10 rings (SSSR count). The van der Waals surface area contributed by atoms with Crippen molar-refractivity contribution in [3.05, 3.63) is 168 Å². The van der Waals surface area contributed by atoms with E-state index in [9.17, 15) is 0 Å². The largest absolute Gasteiger partial charge is 2.00 e. The minimum absolute atomic E-state index is 0. The monoisotopic (exact) mass is 867 g/mol. The zero-order valence-corrected chi connectivity index (χ0v) is 31.3. The van der Waals surface area contributed by atoms with Crippen LogP contribution in [-0.2, 0) is 33.9 Å². The number of rotatable bonds is 7. The molecule has 7 heteroatoms. The Balaban J connectivity index is 0.00000372. The third kappa shape index (κ3) is 5.53.